The molecule has 1 heterocycles. The Labute approximate surface area is 70.0 Å². The third-order valence-electron chi connectivity index (χ3n) is 1.18. The van der Waals surface area contributed by atoms with E-state index in [9.17, 15) is 0 Å². The first kappa shape index (κ1) is 8.50. The predicted octanol–water partition coefficient (Wildman–Crippen LogP) is 0.324. The molecule has 0 atom stereocenters. The minimum absolute atomic E-state index is 0.0571. The normalized spacial score (nSPS) is 9.00. The van der Waals surface area contributed by atoms with Crippen LogP contribution < -0.4 is 4.74 Å². The molecular weight excluding hydrogens is 156 g/mol. The van der Waals surface area contributed by atoms with Crippen molar-refractivity contribution in [1.82, 2.24) is 4.98 Å². The molecule has 1 aromatic rings. The van der Waals surface area contributed by atoms with E-state index in [4.69, 9.17) is 15.1 Å². The highest BCUT2D eigenvalue weighted by Gasteiger charge is 1.95. The molecule has 0 aromatic carbocycles. The number of aromatic nitrogens is 1. The quantitative estimate of drug-likeness (QED) is 0.698. The second-order valence-corrected chi connectivity index (χ2v) is 2.04. The van der Waals surface area contributed by atoms with Gasteiger partial charge in [0.25, 0.3) is 0 Å². The lowest BCUT2D eigenvalue weighted by Crippen LogP contribution is -2.03. The first-order valence-electron chi connectivity index (χ1n) is 3.47. The zero-order valence-electron chi connectivity index (χ0n) is 6.40. The van der Waals surface area contributed by atoms with Crippen LogP contribution in [0, 0.1) is 11.3 Å². The van der Waals surface area contributed by atoms with Crippen molar-refractivity contribution in [3.63, 3.8) is 0 Å². The highest BCUT2D eigenvalue weighted by molar-refractivity contribution is 5.24. The molecular formula is C8H8N2O2. The molecule has 0 bridgehead atoms. The largest absolute Gasteiger partial charge is 0.475 e. The van der Waals surface area contributed by atoms with E-state index in [1.54, 1.807) is 18.2 Å². The number of aliphatic hydroxyl groups excluding tert-OH is 1. The fraction of sp³-hybridized carbons (Fsp3) is 0.250. The number of nitrogens with zero attached hydrogens (tertiary/aromatic N) is 2. The van der Waals surface area contributed by atoms with Crippen LogP contribution in [-0.2, 0) is 0 Å². The van der Waals surface area contributed by atoms with Gasteiger partial charge in [-0.3, -0.25) is 0 Å². The maximum absolute atomic E-state index is 8.47. The van der Waals surface area contributed by atoms with Crippen LogP contribution in [0.15, 0.2) is 18.2 Å². The Bertz CT molecular complexity index is 293. The van der Waals surface area contributed by atoms with Crippen LogP contribution in [0.2, 0.25) is 0 Å². The van der Waals surface area contributed by atoms with Crippen molar-refractivity contribution in [2.75, 3.05) is 13.2 Å². The first-order chi connectivity index (χ1) is 5.86. The Morgan fingerprint density at radius 2 is 2.42 bits per heavy atom. The molecule has 0 aliphatic heterocycles. The Morgan fingerprint density at radius 3 is 3.08 bits per heavy atom. The molecule has 0 saturated carbocycles. The summed E-state index contributed by atoms with van der Waals surface area (Å²) in [4.78, 5) is 3.83. The second-order valence-electron chi connectivity index (χ2n) is 2.04. The van der Waals surface area contributed by atoms with Crippen molar-refractivity contribution in [2.24, 2.45) is 0 Å². The summed E-state index contributed by atoms with van der Waals surface area (Å²) in [5.41, 5.74) is 0.311. The molecule has 1 aromatic heterocycles. The van der Waals surface area contributed by atoms with Gasteiger partial charge in [0.1, 0.15) is 18.4 Å². The molecule has 0 saturated heterocycles. The SMILES string of the molecule is N#Cc1cccc(OCCO)n1. The summed E-state index contributed by atoms with van der Waals surface area (Å²) < 4.78 is 4.99. The summed E-state index contributed by atoms with van der Waals surface area (Å²) in [5, 5.41) is 16.9. The predicted molar refractivity (Wildman–Crippen MR) is 41.5 cm³/mol. The van der Waals surface area contributed by atoms with Gasteiger partial charge >= 0.3 is 0 Å². The van der Waals surface area contributed by atoms with E-state index in [0.717, 1.165) is 0 Å². The van der Waals surface area contributed by atoms with Crippen molar-refractivity contribution < 1.29 is 9.84 Å². The lowest BCUT2D eigenvalue weighted by atomic mass is 10.4. The van der Waals surface area contributed by atoms with Crippen LogP contribution in [-0.4, -0.2) is 23.3 Å². The molecule has 0 spiro atoms. The van der Waals surface area contributed by atoms with Gasteiger partial charge in [0.2, 0.25) is 5.88 Å². The number of ether oxygens (including phenoxy) is 1. The fourth-order valence-electron chi connectivity index (χ4n) is 0.708. The number of nitriles is 1. The van der Waals surface area contributed by atoms with Crippen molar-refractivity contribution in [1.29, 1.82) is 5.26 Å². The van der Waals surface area contributed by atoms with Gasteiger partial charge in [-0.1, -0.05) is 6.07 Å². The monoisotopic (exact) mass is 164 g/mol. The Balaban J connectivity index is 2.68. The van der Waals surface area contributed by atoms with Crippen molar-refractivity contribution in [3.8, 4) is 11.9 Å². The summed E-state index contributed by atoms with van der Waals surface area (Å²) in [6.45, 7) is 0.139. The van der Waals surface area contributed by atoms with Crippen LogP contribution in [0.5, 0.6) is 5.88 Å². The number of hydrogen-bond donors (Lipinski definition) is 1. The van der Waals surface area contributed by atoms with Crippen LogP contribution in [0.1, 0.15) is 5.69 Å². The number of hydrogen-bond acceptors (Lipinski definition) is 4. The molecule has 1 rings (SSSR count). The maximum Gasteiger partial charge on any atom is 0.214 e. The maximum atomic E-state index is 8.47. The van der Waals surface area contributed by atoms with E-state index in [-0.39, 0.29) is 13.2 Å². The zero-order valence-corrected chi connectivity index (χ0v) is 6.40. The van der Waals surface area contributed by atoms with Gasteiger partial charge in [0.05, 0.1) is 6.61 Å². The Hall–Kier alpha value is -1.60. The third kappa shape index (κ3) is 2.22. The number of pyridine rings is 1. The zero-order chi connectivity index (χ0) is 8.81. The molecule has 0 amide bonds. The van der Waals surface area contributed by atoms with Gasteiger partial charge in [-0.2, -0.15) is 5.26 Å². The van der Waals surface area contributed by atoms with E-state index in [2.05, 4.69) is 4.98 Å². The van der Waals surface area contributed by atoms with Gasteiger partial charge in [0, 0.05) is 6.07 Å². The average Bonchev–Trinajstić information content (AvgIpc) is 2.15. The number of rotatable bonds is 3. The third-order valence-corrected chi connectivity index (χ3v) is 1.18. The summed E-state index contributed by atoms with van der Waals surface area (Å²) >= 11 is 0. The summed E-state index contributed by atoms with van der Waals surface area (Å²) in [6.07, 6.45) is 0. The Kier molecular flexibility index (Phi) is 3.05. The molecule has 1 N–H and O–H groups in total. The summed E-state index contributed by atoms with van der Waals surface area (Å²) in [5.74, 6) is 0.364. The average molecular weight is 164 g/mol. The van der Waals surface area contributed by atoms with Crippen LogP contribution >= 0.6 is 0 Å². The van der Waals surface area contributed by atoms with E-state index in [1.807, 2.05) is 6.07 Å². The van der Waals surface area contributed by atoms with Gasteiger partial charge in [-0.25, -0.2) is 4.98 Å². The van der Waals surface area contributed by atoms with E-state index < -0.39 is 0 Å². The highest BCUT2D eigenvalue weighted by atomic mass is 16.5. The lowest BCUT2D eigenvalue weighted by Gasteiger charge is -2.01. The molecule has 12 heavy (non-hydrogen) atoms. The molecule has 0 aliphatic carbocycles. The van der Waals surface area contributed by atoms with E-state index in [1.165, 1.54) is 0 Å². The van der Waals surface area contributed by atoms with Crippen molar-refractivity contribution in [3.05, 3.63) is 23.9 Å². The minimum atomic E-state index is -0.0571. The Morgan fingerprint density at radius 1 is 1.58 bits per heavy atom. The molecule has 62 valence electrons. The van der Waals surface area contributed by atoms with Gasteiger partial charge < -0.3 is 9.84 Å². The fourth-order valence-corrected chi connectivity index (χ4v) is 0.708. The summed E-state index contributed by atoms with van der Waals surface area (Å²) in [6, 6.07) is 6.79. The van der Waals surface area contributed by atoms with Crippen LogP contribution in [0.3, 0.4) is 0 Å². The smallest absolute Gasteiger partial charge is 0.214 e. The van der Waals surface area contributed by atoms with E-state index in [0.29, 0.717) is 11.6 Å². The topological polar surface area (TPSA) is 66.1 Å². The standard InChI is InChI=1S/C8H8N2O2/c9-6-7-2-1-3-8(10-7)12-5-4-11/h1-3,11H,4-5H2. The molecule has 0 radical (unpaired) electrons. The van der Waals surface area contributed by atoms with E-state index >= 15 is 0 Å². The summed E-state index contributed by atoms with van der Waals surface area (Å²) in [7, 11) is 0. The second kappa shape index (κ2) is 4.31. The van der Waals surface area contributed by atoms with Crippen molar-refractivity contribution >= 4 is 0 Å². The molecule has 4 heteroatoms. The number of aliphatic hydroxyl groups is 1. The van der Waals surface area contributed by atoms with Crippen LogP contribution in [0.25, 0.3) is 0 Å². The highest BCUT2D eigenvalue weighted by Crippen LogP contribution is 2.05. The van der Waals surface area contributed by atoms with Crippen LogP contribution in [0.4, 0.5) is 0 Å². The molecule has 0 aliphatic rings. The molecule has 0 unspecified atom stereocenters. The minimum Gasteiger partial charge on any atom is -0.475 e. The van der Waals surface area contributed by atoms with Gasteiger partial charge in [-0.15, -0.1) is 0 Å². The molecule has 0 fully saturated rings. The molecule has 4 nitrogen and oxygen atoms in total. The lowest BCUT2D eigenvalue weighted by molar-refractivity contribution is 0.196. The first-order valence-corrected chi connectivity index (χ1v) is 3.47. The van der Waals surface area contributed by atoms with Gasteiger partial charge in [-0.05, 0) is 6.07 Å². The van der Waals surface area contributed by atoms with Gasteiger partial charge in [0.15, 0.2) is 0 Å². The van der Waals surface area contributed by atoms with Crippen molar-refractivity contribution in [2.45, 2.75) is 0 Å².